The largest absolute Gasteiger partial charge is 0.392 e. The highest BCUT2D eigenvalue weighted by atomic mass is 16.5. The highest BCUT2D eigenvalue weighted by Crippen LogP contribution is 2.18. The molecule has 84 valence electrons. The Labute approximate surface area is 89.9 Å². The van der Waals surface area contributed by atoms with Crippen LogP contribution >= 0.6 is 0 Å². The molecule has 1 fully saturated rings. The standard InChI is InChI=1S/C11H18N2O2/c1-8-3-4-13(7-11(8)14)6-10-5-9(2)12-15-10/h5,8,11,14H,3-4,6-7H2,1-2H3. The fourth-order valence-corrected chi connectivity index (χ4v) is 1.97. The lowest BCUT2D eigenvalue weighted by Gasteiger charge is -2.33. The zero-order valence-corrected chi connectivity index (χ0v) is 9.31. The Morgan fingerprint density at radius 2 is 2.47 bits per heavy atom. The summed E-state index contributed by atoms with van der Waals surface area (Å²) < 4.78 is 5.16. The number of piperidine rings is 1. The van der Waals surface area contributed by atoms with Crippen LogP contribution in [0.5, 0.6) is 0 Å². The third kappa shape index (κ3) is 2.58. The van der Waals surface area contributed by atoms with Crippen molar-refractivity contribution >= 4 is 0 Å². The summed E-state index contributed by atoms with van der Waals surface area (Å²) in [5, 5.41) is 13.6. The van der Waals surface area contributed by atoms with Gasteiger partial charge in [0.25, 0.3) is 0 Å². The molecule has 2 unspecified atom stereocenters. The molecule has 1 aromatic rings. The van der Waals surface area contributed by atoms with Crippen molar-refractivity contribution in [3.05, 3.63) is 17.5 Å². The first kappa shape index (κ1) is 10.6. The Morgan fingerprint density at radius 1 is 1.67 bits per heavy atom. The molecule has 0 radical (unpaired) electrons. The van der Waals surface area contributed by atoms with Gasteiger partial charge in [0.2, 0.25) is 0 Å². The van der Waals surface area contributed by atoms with Crippen LogP contribution in [0, 0.1) is 12.8 Å². The molecule has 1 saturated heterocycles. The van der Waals surface area contributed by atoms with Gasteiger partial charge in [-0.15, -0.1) is 0 Å². The van der Waals surface area contributed by atoms with Crippen molar-refractivity contribution in [1.82, 2.24) is 10.1 Å². The molecule has 1 aliphatic heterocycles. The molecule has 1 aliphatic rings. The Hall–Kier alpha value is -0.870. The van der Waals surface area contributed by atoms with Gasteiger partial charge in [-0.3, -0.25) is 4.90 Å². The molecule has 15 heavy (non-hydrogen) atoms. The van der Waals surface area contributed by atoms with Crippen LogP contribution in [0.2, 0.25) is 0 Å². The van der Waals surface area contributed by atoms with Crippen molar-refractivity contribution in [2.45, 2.75) is 32.9 Å². The molecule has 2 rings (SSSR count). The van der Waals surface area contributed by atoms with Crippen molar-refractivity contribution in [2.24, 2.45) is 5.92 Å². The smallest absolute Gasteiger partial charge is 0.150 e. The molecule has 2 heterocycles. The van der Waals surface area contributed by atoms with Crippen molar-refractivity contribution < 1.29 is 9.63 Å². The van der Waals surface area contributed by atoms with Crippen molar-refractivity contribution in [2.75, 3.05) is 13.1 Å². The second-order valence-electron chi connectivity index (χ2n) is 4.50. The quantitative estimate of drug-likeness (QED) is 0.796. The summed E-state index contributed by atoms with van der Waals surface area (Å²) in [6.45, 7) is 6.53. The summed E-state index contributed by atoms with van der Waals surface area (Å²) >= 11 is 0. The fraction of sp³-hybridized carbons (Fsp3) is 0.727. The number of likely N-dealkylation sites (tertiary alicyclic amines) is 1. The van der Waals surface area contributed by atoms with Gasteiger partial charge in [0.05, 0.1) is 18.3 Å². The number of hydrogen-bond acceptors (Lipinski definition) is 4. The molecule has 0 spiro atoms. The van der Waals surface area contributed by atoms with Crippen LogP contribution in [-0.4, -0.2) is 34.4 Å². The highest BCUT2D eigenvalue weighted by Gasteiger charge is 2.24. The molecule has 4 heteroatoms. The maximum Gasteiger partial charge on any atom is 0.150 e. The van der Waals surface area contributed by atoms with Crippen LogP contribution in [0.3, 0.4) is 0 Å². The predicted molar refractivity (Wildman–Crippen MR) is 56.3 cm³/mol. The van der Waals surface area contributed by atoms with Gasteiger partial charge in [-0.1, -0.05) is 12.1 Å². The molecule has 1 N–H and O–H groups in total. The molecular formula is C11H18N2O2. The fourth-order valence-electron chi connectivity index (χ4n) is 1.97. The molecular weight excluding hydrogens is 192 g/mol. The zero-order valence-electron chi connectivity index (χ0n) is 9.31. The van der Waals surface area contributed by atoms with E-state index in [0.717, 1.165) is 37.5 Å². The summed E-state index contributed by atoms with van der Waals surface area (Å²) in [5.41, 5.74) is 0.913. The summed E-state index contributed by atoms with van der Waals surface area (Å²) in [6.07, 6.45) is 0.844. The first-order chi connectivity index (χ1) is 7.15. The van der Waals surface area contributed by atoms with Crippen LogP contribution in [0.1, 0.15) is 24.8 Å². The normalized spacial score (nSPS) is 28.2. The van der Waals surface area contributed by atoms with Gasteiger partial charge in [0.15, 0.2) is 5.76 Å². The molecule has 0 aliphatic carbocycles. The van der Waals surface area contributed by atoms with Gasteiger partial charge >= 0.3 is 0 Å². The van der Waals surface area contributed by atoms with E-state index in [9.17, 15) is 5.11 Å². The molecule has 0 amide bonds. The van der Waals surface area contributed by atoms with Crippen molar-refractivity contribution in [3.8, 4) is 0 Å². The van der Waals surface area contributed by atoms with Gasteiger partial charge in [0, 0.05) is 12.6 Å². The van der Waals surface area contributed by atoms with Crippen LogP contribution in [0.25, 0.3) is 0 Å². The van der Waals surface area contributed by atoms with E-state index in [4.69, 9.17) is 4.52 Å². The molecule has 1 aromatic heterocycles. The van der Waals surface area contributed by atoms with E-state index in [1.807, 2.05) is 13.0 Å². The van der Waals surface area contributed by atoms with Crippen LogP contribution in [0.15, 0.2) is 10.6 Å². The average Bonchev–Trinajstić information content (AvgIpc) is 2.58. The lowest BCUT2D eigenvalue weighted by Crippen LogP contribution is -2.42. The van der Waals surface area contributed by atoms with E-state index >= 15 is 0 Å². The number of aliphatic hydroxyl groups is 1. The van der Waals surface area contributed by atoms with Gasteiger partial charge in [-0.2, -0.15) is 0 Å². The van der Waals surface area contributed by atoms with E-state index in [0.29, 0.717) is 5.92 Å². The summed E-state index contributed by atoms with van der Waals surface area (Å²) in [7, 11) is 0. The number of aryl methyl sites for hydroxylation is 1. The number of nitrogens with zero attached hydrogens (tertiary/aromatic N) is 2. The second kappa shape index (κ2) is 4.33. The zero-order chi connectivity index (χ0) is 10.8. The maximum atomic E-state index is 9.74. The van der Waals surface area contributed by atoms with Crippen molar-refractivity contribution in [1.29, 1.82) is 0 Å². The number of β-amino-alcohol motifs (C(OH)–C–C–N with tert-alkyl or cyclic N) is 1. The summed E-state index contributed by atoms with van der Waals surface area (Å²) in [6, 6.07) is 1.95. The van der Waals surface area contributed by atoms with Crippen LogP contribution in [-0.2, 0) is 6.54 Å². The van der Waals surface area contributed by atoms with E-state index in [2.05, 4.69) is 17.0 Å². The third-order valence-electron chi connectivity index (χ3n) is 3.06. The van der Waals surface area contributed by atoms with E-state index in [1.165, 1.54) is 0 Å². The van der Waals surface area contributed by atoms with Gasteiger partial charge in [0.1, 0.15) is 0 Å². The Kier molecular flexibility index (Phi) is 3.07. The van der Waals surface area contributed by atoms with Crippen LogP contribution in [0.4, 0.5) is 0 Å². The molecule has 4 nitrogen and oxygen atoms in total. The minimum absolute atomic E-state index is 0.206. The van der Waals surface area contributed by atoms with E-state index < -0.39 is 0 Å². The number of rotatable bonds is 2. The van der Waals surface area contributed by atoms with E-state index in [-0.39, 0.29) is 6.10 Å². The van der Waals surface area contributed by atoms with Gasteiger partial charge in [-0.25, -0.2) is 0 Å². The number of aromatic nitrogens is 1. The Bertz CT molecular complexity index is 324. The number of hydrogen-bond donors (Lipinski definition) is 1. The molecule has 0 saturated carbocycles. The summed E-state index contributed by atoms with van der Waals surface area (Å²) in [4.78, 5) is 2.21. The van der Waals surface area contributed by atoms with Crippen LogP contribution < -0.4 is 0 Å². The molecule has 0 aromatic carbocycles. The van der Waals surface area contributed by atoms with Gasteiger partial charge < -0.3 is 9.63 Å². The Balaban J connectivity index is 1.90. The van der Waals surface area contributed by atoms with E-state index in [1.54, 1.807) is 0 Å². The highest BCUT2D eigenvalue weighted by molar-refractivity contribution is 5.03. The van der Waals surface area contributed by atoms with Crippen molar-refractivity contribution in [3.63, 3.8) is 0 Å². The maximum absolute atomic E-state index is 9.74. The summed E-state index contributed by atoms with van der Waals surface area (Å²) in [5.74, 6) is 1.30. The Morgan fingerprint density at radius 3 is 3.07 bits per heavy atom. The van der Waals surface area contributed by atoms with Gasteiger partial charge in [-0.05, 0) is 25.8 Å². The molecule has 0 bridgehead atoms. The first-order valence-electron chi connectivity index (χ1n) is 5.48. The topological polar surface area (TPSA) is 49.5 Å². The average molecular weight is 210 g/mol. The minimum atomic E-state index is -0.206. The molecule has 2 atom stereocenters. The predicted octanol–water partition coefficient (Wildman–Crippen LogP) is 1.19. The third-order valence-corrected chi connectivity index (χ3v) is 3.06. The SMILES string of the molecule is Cc1cc(CN2CCC(C)C(O)C2)on1. The first-order valence-corrected chi connectivity index (χ1v) is 5.48. The monoisotopic (exact) mass is 210 g/mol. The second-order valence-corrected chi connectivity index (χ2v) is 4.50. The lowest BCUT2D eigenvalue weighted by molar-refractivity contribution is 0.0227. The lowest BCUT2D eigenvalue weighted by atomic mass is 9.96. The number of aliphatic hydroxyl groups excluding tert-OH is 1. The minimum Gasteiger partial charge on any atom is -0.392 e.